The second-order valence-electron chi connectivity index (χ2n) is 3.13. The normalized spacial score (nSPS) is 25.1. The molecular formula is C8H18N2O. The molecule has 66 valence electrons. The highest BCUT2D eigenvalue weighted by atomic mass is 16.3. The van der Waals surface area contributed by atoms with E-state index in [4.69, 9.17) is 10.8 Å². The molecule has 3 nitrogen and oxygen atoms in total. The number of nitrogens with two attached hydrogens (primary N) is 1. The van der Waals surface area contributed by atoms with Gasteiger partial charge in [0.15, 0.2) is 0 Å². The van der Waals surface area contributed by atoms with Crippen molar-refractivity contribution >= 4 is 0 Å². The number of aliphatic hydroxyl groups is 1. The Balaban J connectivity index is 2.05. The molecule has 0 aromatic heterocycles. The van der Waals surface area contributed by atoms with Gasteiger partial charge in [-0.1, -0.05) is 0 Å². The van der Waals surface area contributed by atoms with Crippen LogP contribution in [0.25, 0.3) is 0 Å². The summed E-state index contributed by atoms with van der Waals surface area (Å²) in [6.07, 6.45) is 3.31. The Kier molecular flexibility index (Phi) is 3.83. The summed E-state index contributed by atoms with van der Waals surface area (Å²) in [6.45, 7) is 3.35. The standard InChI is InChI=1S/C8H18N2O/c9-4-2-8-3-6-10(8)5-1-7-11/h8,11H,1-7,9H2. The fourth-order valence-electron chi connectivity index (χ4n) is 1.58. The molecule has 1 fully saturated rings. The Labute approximate surface area is 68.2 Å². The van der Waals surface area contributed by atoms with Gasteiger partial charge in [0.2, 0.25) is 0 Å². The highest BCUT2D eigenvalue weighted by Crippen LogP contribution is 2.19. The van der Waals surface area contributed by atoms with Crippen LogP contribution in [0.15, 0.2) is 0 Å². The van der Waals surface area contributed by atoms with Crippen LogP contribution in [0, 0.1) is 0 Å². The van der Waals surface area contributed by atoms with Crippen molar-refractivity contribution in [2.24, 2.45) is 5.73 Å². The van der Waals surface area contributed by atoms with Gasteiger partial charge in [0.05, 0.1) is 0 Å². The van der Waals surface area contributed by atoms with Gasteiger partial charge < -0.3 is 15.7 Å². The summed E-state index contributed by atoms with van der Waals surface area (Å²) in [6, 6.07) is 0.714. The van der Waals surface area contributed by atoms with E-state index in [1.807, 2.05) is 0 Å². The monoisotopic (exact) mass is 158 g/mol. The summed E-state index contributed by atoms with van der Waals surface area (Å²) in [4.78, 5) is 2.41. The minimum atomic E-state index is 0.311. The van der Waals surface area contributed by atoms with E-state index < -0.39 is 0 Å². The number of hydrogen-bond donors (Lipinski definition) is 2. The van der Waals surface area contributed by atoms with Crippen molar-refractivity contribution in [3.63, 3.8) is 0 Å². The molecule has 1 atom stereocenters. The van der Waals surface area contributed by atoms with Crippen LogP contribution >= 0.6 is 0 Å². The minimum absolute atomic E-state index is 0.311. The Morgan fingerprint density at radius 3 is 2.82 bits per heavy atom. The predicted octanol–water partition coefficient (Wildman–Crippen LogP) is -0.208. The van der Waals surface area contributed by atoms with Crippen molar-refractivity contribution < 1.29 is 5.11 Å². The SMILES string of the molecule is NCCC1CCN1CCCO. The maximum atomic E-state index is 8.60. The number of likely N-dealkylation sites (tertiary alicyclic amines) is 1. The second-order valence-corrected chi connectivity index (χ2v) is 3.13. The molecule has 0 bridgehead atoms. The van der Waals surface area contributed by atoms with Gasteiger partial charge in [0, 0.05) is 19.2 Å². The van der Waals surface area contributed by atoms with E-state index in [-0.39, 0.29) is 0 Å². The van der Waals surface area contributed by atoms with Gasteiger partial charge in [-0.05, 0) is 32.4 Å². The molecule has 3 N–H and O–H groups in total. The molecule has 0 aromatic carbocycles. The molecule has 1 unspecified atom stereocenters. The predicted molar refractivity (Wildman–Crippen MR) is 45.4 cm³/mol. The van der Waals surface area contributed by atoms with Gasteiger partial charge in [0.25, 0.3) is 0 Å². The summed E-state index contributed by atoms with van der Waals surface area (Å²) in [7, 11) is 0. The zero-order valence-corrected chi connectivity index (χ0v) is 7.00. The molecule has 0 spiro atoms. The van der Waals surface area contributed by atoms with E-state index in [1.54, 1.807) is 0 Å². The second kappa shape index (κ2) is 4.70. The molecule has 3 heteroatoms. The Bertz CT molecular complexity index is 108. The van der Waals surface area contributed by atoms with Gasteiger partial charge in [0.1, 0.15) is 0 Å². The summed E-state index contributed by atoms with van der Waals surface area (Å²) < 4.78 is 0. The van der Waals surface area contributed by atoms with E-state index >= 15 is 0 Å². The van der Waals surface area contributed by atoms with Crippen LogP contribution in [0.1, 0.15) is 19.3 Å². The first-order valence-electron chi connectivity index (χ1n) is 4.43. The first-order valence-corrected chi connectivity index (χ1v) is 4.43. The molecule has 0 amide bonds. The average molecular weight is 158 g/mol. The summed E-state index contributed by atoms with van der Waals surface area (Å²) in [5.41, 5.74) is 5.45. The van der Waals surface area contributed by atoms with Crippen LogP contribution < -0.4 is 5.73 Å². The quantitative estimate of drug-likeness (QED) is 0.582. The molecule has 1 heterocycles. The van der Waals surface area contributed by atoms with E-state index in [1.165, 1.54) is 13.0 Å². The smallest absolute Gasteiger partial charge is 0.0443 e. The van der Waals surface area contributed by atoms with Crippen molar-refractivity contribution in [2.75, 3.05) is 26.2 Å². The number of rotatable bonds is 5. The highest BCUT2D eigenvalue weighted by molar-refractivity contribution is 4.82. The average Bonchev–Trinajstić information content (AvgIpc) is 1.99. The van der Waals surface area contributed by atoms with Crippen LogP contribution in [-0.4, -0.2) is 42.3 Å². The molecule has 1 rings (SSSR count). The van der Waals surface area contributed by atoms with Gasteiger partial charge in [-0.2, -0.15) is 0 Å². The van der Waals surface area contributed by atoms with E-state index in [2.05, 4.69) is 4.90 Å². The van der Waals surface area contributed by atoms with Crippen molar-refractivity contribution in [2.45, 2.75) is 25.3 Å². The summed E-state index contributed by atoms with van der Waals surface area (Å²) in [5, 5.41) is 8.60. The summed E-state index contributed by atoms with van der Waals surface area (Å²) in [5.74, 6) is 0. The molecule has 0 radical (unpaired) electrons. The molecule has 0 saturated carbocycles. The molecular weight excluding hydrogens is 140 g/mol. The van der Waals surface area contributed by atoms with Crippen molar-refractivity contribution in [3.05, 3.63) is 0 Å². The van der Waals surface area contributed by atoms with Crippen LogP contribution in [-0.2, 0) is 0 Å². The van der Waals surface area contributed by atoms with Gasteiger partial charge in [-0.3, -0.25) is 0 Å². The lowest BCUT2D eigenvalue weighted by atomic mass is 9.99. The lowest BCUT2D eigenvalue weighted by Crippen LogP contribution is -2.48. The Hall–Kier alpha value is -0.120. The van der Waals surface area contributed by atoms with Gasteiger partial charge >= 0.3 is 0 Å². The lowest BCUT2D eigenvalue weighted by molar-refractivity contribution is 0.0775. The van der Waals surface area contributed by atoms with Gasteiger partial charge in [-0.25, -0.2) is 0 Å². The third-order valence-electron chi connectivity index (χ3n) is 2.37. The maximum absolute atomic E-state index is 8.60. The topological polar surface area (TPSA) is 49.5 Å². The van der Waals surface area contributed by atoms with Crippen LogP contribution in [0.3, 0.4) is 0 Å². The highest BCUT2D eigenvalue weighted by Gasteiger charge is 2.25. The maximum Gasteiger partial charge on any atom is 0.0443 e. The summed E-state index contributed by atoms with van der Waals surface area (Å²) >= 11 is 0. The Morgan fingerprint density at radius 1 is 1.55 bits per heavy atom. The number of hydrogen-bond acceptors (Lipinski definition) is 3. The van der Waals surface area contributed by atoms with E-state index in [9.17, 15) is 0 Å². The zero-order valence-electron chi connectivity index (χ0n) is 7.00. The molecule has 11 heavy (non-hydrogen) atoms. The fraction of sp³-hybridized carbons (Fsp3) is 1.00. The van der Waals surface area contributed by atoms with Crippen molar-refractivity contribution in [1.29, 1.82) is 0 Å². The Morgan fingerprint density at radius 2 is 2.36 bits per heavy atom. The molecule has 1 saturated heterocycles. The first-order chi connectivity index (χ1) is 5.38. The number of nitrogens with zero attached hydrogens (tertiary/aromatic N) is 1. The lowest BCUT2D eigenvalue weighted by Gasteiger charge is -2.41. The van der Waals surface area contributed by atoms with Crippen LogP contribution in [0.2, 0.25) is 0 Å². The fourth-order valence-corrected chi connectivity index (χ4v) is 1.58. The molecule has 1 aliphatic rings. The van der Waals surface area contributed by atoms with Crippen molar-refractivity contribution in [3.8, 4) is 0 Å². The molecule has 0 aliphatic carbocycles. The van der Waals surface area contributed by atoms with Gasteiger partial charge in [-0.15, -0.1) is 0 Å². The first kappa shape index (κ1) is 8.97. The number of aliphatic hydroxyl groups excluding tert-OH is 1. The molecule has 0 aromatic rings. The van der Waals surface area contributed by atoms with Crippen molar-refractivity contribution in [1.82, 2.24) is 4.90 Å². The largest absolute Gasteiger partial charge is 0.396 e. The van der Waals surface area contributed by atoms with Crippen LogP contribution in [0.5, 0.6) is 0 Å². The minimum Gasteiger partial charge on any atom is -0.396 e. The van der Waals surface area contributed by atoms with Crippen LogP contribution in [0.4, 0.5) is 0 Å². The third-order valence-corrected chi connectivity index (χ3v) is 2.37. The van der Waals surface area contributed by atoms with E-state index in [0.717, 1.165) is 25.9 Å². The third kappa shape index (κ3) is 2.43. The van der Waals surface area contributed by atoms with E-state index in [0.29, 0.717) is 12.6 Å². The molecule has 1 aliphatic heterocycles. The zero-order chi connectivity index (χ0) is 8.10.